The van der Waals surface area contributed by atoms with Gasteiger partial charge in [-0.1, -0.05) is 79.3 Å². The number of benzene rings is 4. The smallest absolute Gasteiger partial charge is 0.191 e. The number of hydrogen-bond donors (Lipinski definition) is 1. The molecule has 0 spiro atoms. The third kappa shape index (κ3) is 3.73. The van der Waals surface area contributed by atoms with Crippen molar-refractivity contribution in [1.82, 2.24) is 15.0 Å². The van der Waals surface area contributed by atoms with Crippen molar-refractivity contribution in [3.05, 3.63) is 78.9 Å². The van der Waals surface area contributed by atoms with Crippen LogP contribution in [-0.4, -0.2) is 25.8 Å². The zero-order valence-corrected chi connectivity index (χ0v) is 17.9. The van der Waals surface area contributed by atoms with Gasteiger partial charge in [0, 0.05) is 11.3 Å². The van der Waals surface area contributed by atoms with Gasteiger partial charge in [0.15, 0.2) is 16.8 Å². The van der Waals surface area contributed by atoms with E-state index in [0.29, 0.717) is 22.4 Å². The lowest BCUT2D eigenvalue weighted by molar-refractivity contribution is 0.477. The van der Waals surface area contributed by atoms with Crippen molar-refractivity contribution in [2.75, 3.05) is 5.75 Å². The zero-order chi connectivity index (χ0) is 21.2. The normalized spacial score (nSPS) is 11.3. The minimum absolute atomic E-state index is 0.162. The number of fused-ring (bicyclic) bond motifs is 3. The van der Waals surface area contributed by atoms with Crippen molar-refractivity contribution in [1.29, 1.82) is 0 Å². The average molecular weight is 424 g/mol. The Morgan fingerprint density at radius 3 is 2.13 bits per heavy atom. The van der Waals surface area contributed by atoms with Gasteiger partial charge in [-0.25, -0.2) is 15.0 Å². The molecule has 0 radical (unpaired) electrons. The summed E-state index contributed by atoms with van der Waals surface area (Å²) < 4.78 is 0. The van der Waals surface area contributed by atoms with Crippen LogP contribution < -0.4 is 0 Å². The molecule has 5 rings (SSSR count). The third-order valence-electron chi connectivity index (χ3n) is 5.20. The molecule has 152 valence electrons. The van der Waals surface area contributed by atoms with Crippen LogP contribution in [0.25, 0.3) is 44.3 Å². The molecule has 0 amide bonds. The van der Waals surface area contributed by atoms with Gasteiger partial charge in [-0.3, -0.25) is 0 Å². The monoisotopic (exact) mass is 423 g/mol. The number of phenolic OH excluding ortho intramolecular Hbond substituents is 1. The first-order valence-electron chi connectivity index (χ1n) is 10.3. The summed E-state index contributed by atoms with van der Waals surface area (Å²) >= 11 is 1.61. The van der Waals surface area contributed by atoms with E-state index in [0.717, 1.165) is 28.5 Å². The second kappa shape index (κ2) is 8.36. The summed E-state index contributed by atoms with van der Waals surface area (Å²) in [7, 11) is 0. The predicted octanol–water partition coefficient (Wildman–Crippen LogP) is 6.72. The van der Waals surface area contributed by atoms with Crippen LogP contribution in [0.3, 0.4) is 0 Å². The number of rotatable bonds is 5. The Labute approximate surface area is 185 Å². The van der Waals surface area contributed by atoms with E-state index in [1.165, 1.54) is 10.8 Å². The molecule has 0 aliphatic carbocycles. The second-order valence-corrected chi connectivity index (χ2v) is 8.38. The van der Waals surface area contributed by atoms with Crippen molar-refractivity contribution in [3.63, 3.8) is 0 Å². The highest BCUT2D eigenvalue weighted by molar-refractivity contribution is 7.99. The number of phenols is 1. The quantitative estimate of drug-likeness (QED) is 0.251. The summed E-state index contributed by atoms with van der Waals surface area (Å²) in [6.07, 6.45) is 1.02. The summed E-state index contributed by atoms with van der Waals surface area (Å²) in [6.45, 7) is 2.13. The maximum Gasteiger partial charge on any atom is 0.191 e. The van der Waals surface area contributed by atoms with Crippen LogP contribution in [0.4, 0.5) is 0 Å². The van der Waals surface area contributed by atoms with Crippen LogP contribution in [0.2, 0.25) is 0 Å². The van der Waals surface area contributed by atoms with Crippen molar-refractivity contribution < 1.29 is 5.11 Å². The van der Waals surface area contributed by atoms with Gasteiger partial charge >= 0.3 is 0 Å². The van der Waals surface area contributed by atoms with Crippen LogP contribution in [0.15, 0.2) is 84.0 Å². The third-order valence-corrected chi connectivity index (χ3v) is 6.26. The number of para-hydroxylation sites is 1. The molecule has 1 aromatic heterocycles. The molecule has 0 atom stereocenters. The first kappa shape index (κ1) is 19.5. The Morgan fingerprint density at radius 1 is 0.710 bits per heavy atom. The molecule has 0 unspecified atom stereocenters. The van der Waals surface area contributed by atoms with Crippen molar-refractivity contribution >= 4 is 33.3 Å². The van der Waals surface area contributed by atoms with Gasteiger partial charge < -0.3 is 5.11 Å². The van der Waals surface area contributed by atoms with Gasteiger partial charge in [0.2, 0.25) is 0 Å². The zero-order valence-electron chi connectivity index (χ0n) is 17.1. The van der Waals surface area contributed by atoms with Gasteiger partial charge in [-0.15, -0.1) is 0 Å². The van der Waals surface area contributed by atoms with E-state index < -0.39 is 0 Å². The Hall–Kier alpha value is -3.44. The second-order valence-electron chi connectivity index (χ2n) is 7.32. The minimum atomic E-state index is 0.162. The SMILES string of the molecule is CCCSc1nc(-c2ccccc2O)nc(-c2cc3ccccc3c3ccccc23)n1. The summed E-state index contributed by atoms with van der Waals surface area (Å²) in [4.78, 5) is 14.3. The van der Waals surface area contributed by atoms with Crippen molar-refractivity contribution in [2.24, 2.45) is 0 Å². The highest BCUT2D eigenvalue weighted by atomic mass is 32.2. The maximum atomic E-state index is 10.4. The van der Waals surface area contributed by atoms with E-state index in [-0.39, 0.29) is 5.75 Å². The van der Waals surface area contributed by atoms with E-state index in [2.05, 4.69) is 54.4 Å². The summed E-state index contributed by atoms with van der Waals surface area (Å²) in [5, 5.41) is 15.7. The minimum Gasteiger partial charge on any atom is -0.507 e. The summed E-state index contributed by atoms with van der Waals surface area (Å²) in [5.41, 5.74) is 1.57. The number of aromatic nitrogens is 3. The predicted molar refractivity (Wildman–Crippen MR) is 128 cm³/mol. The lowest BCUT2D eigenvalue weighted by atomic mass is 9.97. The lowest BCUT2D eigenvalue weighted by Crippen LogP contribution is -2.00. The van der Waals surface area contributed by atoms with Crippen LogP contribution in [0.1, 0.15) is 13.3 Å². The van der Waals surface area contributed by atoms with E-state index in [1.807, 2.05) is 24.3 Å². The maximum absolute atomic E-state index is 10.4. The standard InChI is InChI=1S/C26H21N3OS/c1-2-15-31-26-28-24(21-13-7-8-14-23(21)30)27-25(29-26)22-16-17-9-3-4-10-18(17)19-11-5-6-12-20(19)22/h3-14,16,30H,2,15H2,1H3. The molecule has 0 fully saturated rings. The molecule has 0 saturated carbocycles. The molecule has 31 heavy (non-hydrogen) atoms. The van der Waals surface area contributed by atoms with Crippen LogP contribution in [0.5, 0.6) is 5.75 Å². The fourth-order valence-electron chi connectivity index (χ4n) is 3.76. The molecule has 0 bridgehead atoms. The van der Waals surface area contributed by atoms with Crippen LogP contribution in [-0.2, 0) is 0 Å². The fourth-order valence-corrected chi connectivity index (χ4v) is 4.45. The first-order valence-corrected chi connectivity index (χ1v) is 11.3. The van der Waals surface area contributed by atoms with Crippen molar-refractivity contribution in [3.8, 4) is 28.5 Å². The molecule has 1 N–H and O–H groups in total. The largest absolute Gasteiger partial charge is 0.507 e. The molecule has 5 aromatic rings. The Bertz CT molecular complexity index is 1400. The number of hydrogen-bond acceptors (Lipinski definition) is 5. The molecule has 4 aromatic carbocycles. The van der Waals surface area contributed by atoms with Gasteiger partial charge in [-0.05, 0) is 46.2 Å². The summed E-state index contributed by atoms with van der Waals surface area (Å²) in [5.74, 6) is 2.18. The van der Waals surface area contributed by atoms with Gasteiger partial charge in [0.1, 0.15) is 5.75 Å². The van der Waals surface area contributed by atoms with E-state index >= 15 is 0 Å². The molecular weight excluding hydrogens is 402 g/mol. The average Bonchev–Trinajstić information content (AvgIpc) is 2.82. The number of thioether (sulfide) groups is 1. The number of nitrogens with zero attached hydrogens (tertiary/aromatic N) is 3. The van der Waals surface area contributed by atoms with Crippen molar-refractivity contribution in [2.45, 2.75) is 18.5 Å². The van der Waals surface area contributed by atoms with Crippen LogP contribution in [0, 0.1) is 0 Å². The number of aromatic hydroxyl groups is 1. The molecule has 0 aliphatic heterocycles. The molecule has 4 nitrogen and oxygen atoms in total. The van der Waals surface area contributed by atoms with Gasteiger partial charge in [0.05, 0.1) is 5.56 Å². The first-order chi connectivity index (χ1) is 15.2. The topological polar surface area (TPSA) is 58.9 Å². The molecular formula is C26H21N3OS. The molecule has 5 heteroatoms. The molecule has 0 aliphatic rings. The molecule has 1 heterocycles. The van der Waals surface area contributed by atoms with E-state index in [1.54, 1.807) is 23.9 Å². The summed E-state index contributed by atoms with van der Waals surface area (Å²) in [6, 6.07) is 26.0. The highest BCUT2D eigenvalue weighted by Gasteiger charge is 2.16. The lowest BCUT2D eigenvalue weighted by Gasteiger charge is -2.12. The Morgan fingerprint density at radius 2 is 1.35 bits per heavy atom. The van der Waals surface area contributed by atoms with Crippen LogP contribution >= 0.6 is 11.8 Å². The van der Waals surface area contributed by atoms with E-state index in [4.69, 9.17) is 9.97 Å². The Balaban J connectivity index is 1.79. The van der Waals surface area contributed by atoms with E-state index in [9.17, 15) is 5.11 Å². The molecule has 0 saturated heterocycles. The Kier molecular flexibility index (Phi) is 5.26. The van der Waals surface area contributed by atoms with Gasteiger partial charge in [0.25, 0.3) is 0 Å². The van der Waals surface area contributed by atoms with Gasteiger partial charge in [-0.2, -0.15) is 0 Å². The fraction of sp³-hybridized carbons (Fsp3) is 0.115. The highest BCUT2D eigenvalue weighted by Crippen LogP contribution is 2.35.